The van der Waals surface area contributed by atoms with E-state index < -0.39 is 0 Å². The van der Waals surface area contributed by atoms with Gasteiger partial charge < -0.3 is 14.4 Å². The second kappa shape index (κ2) is 11.5. The number of nitrogens with zero attached hydrogens (tertiary/aromatic N) is 2. The van der Waals surface area contributed by atoms with Gasteiger partial charge in [0.1, 0.15) is 0 Å². The second-order valence-corrected chi connectivity index (χ2v) is 8.58. The molecule has 0 bridgehead atoms. The van der Waals surface area contributed by atoms with Gasteiger partial charge in [0.15, 0.2) is 6.29 Å². The van der Waals surface area contributed by atoms with E-state index in [-0.39, 0.29) is 37.2 Å². The van der Waals surface area contributed by atoms with Crippen LogP contribution in [0.5, 0.6) is 0 Å². The van der Waals surface area contributed by atoms with Crippen LogP contribution in [0.3, 0.4) is 0 Å². The third kappa shape index (κ3) is 5.79. The Morgan fingerprint density at radius 2 is 1.82 bits per heavy atom. The van der Waals surface area contributed by atoms with Crippen LogP contribution >= 0.6 is 0 Å². The maximum Gasteiger partial charge on any atom is 0.261 e. The lowest BCUT2D eigenvalue weighted by Gasteiger charge is -2.27. The Bertz CT molecular complexity index is 986. The van der Waals surface area contributed by atoms with E-state index in [0.717, 1.165) is 30.0 Å². The Morgan fingerprint density at radius 1 is 1.09 bits per heavy atom. The summed E-state index contributed by atoms with van der Waals surface area (Å²) in [6, 6.07) is 11.0. The van der Waals surface area contributed by atoms with Crippen molar-refractivity contribution < 1.29 is 28.7 Å². The molecule has 1 unspecified atom stereocenters. The molecule has 9 nitrogen and oxygen atoms in total. The smallest absolute Gasteiger partial charge is 0.261 e. The molecule has 1 N–H and O–H groups in total. The van der Waals surface area contributed by atoms with Crippen molar-refractivity contribution in [3.05, 3.63) is 47.5 Å². The van der Waals surface area contributed by atoms with Gasteiger partial charge >= 0.3 is 0 Å². The molecular formula is C25H31N3O6. The van der Waals surface area contributed by atoms with Gasteiger partial charge in [-0.25, -0.2) is 10.3 Å². The molecule has 34 heavy (non-hydrogen) atoms. The summed E-state index contributed by atoms with van der Waals surface area (Å²) in [4.78, 5) is 46.2. The summed E-state index contributed by atoms with van der Waals surface area (Å²) >= 11 is 0. The third-order valence-electron chi connectivity index (χ3n) is 6.10. The van der Waals surface area contributed by atoms with E-state index in [9.17, 15) is 14.4 Å². The lowest BCUT2D eigenvalue weighted by Crippen LogP contribution is -2.42. The molecule has 0 radical (unpaired) electrons. The van der Waals surface area contributed by atoms with Crippen LogP contribution in [-0.4, -0.2) is 80.3 Å². The monoisotopic (exact) mass is 469 g/mol. The number of likely N-dealkylation sites (N-methyl/N-ethyl adjacent to an activating group) is 1. The van der Waals surface area contributed by atoms with Gasteiger partial charge in [0.05, 0.1) is 19.8 Å². The van der Waals surface area contributed by atoms with E-state index in [1.165, 1.54) is 4.90 Å². The third-order valence-corrected chi connectivity index (χ3v) is 6.10. The molecular weight excluding hydrogens is 438 g/mol. The Balaban J connectivity index is 1.14. The SMILES string of the molecule is CN(CCOCCN1C(=O)c2cccc3cccc(c23)C1=O)CCC(=O)NOC1CCCCO1. The van der Waals surface area contributed by atoms with Crippen LogP contribution in [-0.2, 0) is 19.1 Å². The van der Waals surface area contributed by atoms with Crippen LogP contribution in [0.4, 0.5) is 0 Å². The number of hydroxylamine groups is 1. The molecule has 3 amide bonds. The largest absolute Gasteiger partial charge is 0.378 e. The molecule has 1 saturated heterocycles. The topological polar surface area (TPSA) is 97.4 Å². The average molecular weight is 470 g/mol. The van der Waals surface area contributed by atoms with Crippen LogP contribution in [0.25, 0.3) is 10.8 Å². The molecule has 2 aliphatic rings. The van der Waals surface area contributed by atoms with E-state index in [0.29, 0.717) is 43.9 Å². The summed E-state index contributed by atoms with van der Waals surface area (Å²) < 4.78 is 11.1. The van der Waals surface area contributed by atoms with Crippen LogP contribution < -0.4 is 5.48 Å². The molecule has 2 heterocycles. The fourth-order valence-corrected chi connectivity index (χ4v) is 4.15. The Morgan fingerprint density at radius 3 is 2.50 bits per heavy atom. The highest BCUT2D eigenvalue weighted by molar-refractivity contribution is 6.25. The minimum atomic E-state index is -0.358. The molecule has 4 rings (SSSR count). The zero-order valence-corrected chi connectivity index (χ0v) is 19.5. The average Bonchev–Trinajstić information content (AvgIpc) is 2.86. The van der Waals surface area contributed by atoms with E-state index in [2.05, 4.69) is 5.48 Å². The number of carbonyl (C=O) groups is 3. The molecule has 1 fully saturated rings. The maximum atomic E-state index is 12.9. The number of hydrogen-bond acceptors (Lipinski definition) is 7. The van der Waals surface area contributed by atoms with Gasteiger partial charge in [0.25, 0.3) is 11.8 Å². The summed E-state index contributed by atoms with van der Waals surface area (Å²) in [6.45, 7) is 2.69. The van der Waals surface area contributed by atoms with Crippen molar-refractivity contribution in [2.45, 2.75) is 32.0 Å². The van der Waals surface area contributed by atoms with Crippen molar-refractivity contribution in [2.75, 3.05) is 46.5 Å². The molecule has 2 aromatic rings. The summed E-state index contributed by atoms with van der Waals surface area (Å²) in [5, 5.41) is 1.61. The summed E-state index contributed by atoms with van der Waals surface area (Å²) in [6.07, 6.45) is 2.78. The number of carbonyl (C=O) groups excluding carboxylic acids is 3. The first-order valence-electron chi connectivity index (χ1n) is 11.7. The summed E-state index contributed by atoms with van der Waals surface area (Å²) in [5.41, 5.74) is 3.54. The van der Waals surface area contributed by atoms with Crippen molar-refractivity contribution in [3.63, 3.8) is 0 Å². The first kappa shape index (κ1) is 24.3. The van der Waals surface area contributed by atoms with E-state index >= 15 is 0 Å². The molecule has 2 aliphatic heterocycles. The molecule has 9 heteroatoms. The van der Waals surface area contributed by atoms with Crippen molar-refractivity contribution in [3.8, 4) is 0 Å². The van der Waals surface area contributed by atoms with Crippen LogP contribution in [0, 0.1) is 0 Å². The van der Waals surface area contributed by atoms with Crippen molar-refractivity contribution in [2.24, 2.45) is 0 Å². The van der Waals surface area contributed by atoms with E-state index in [1.807, 2.05) is 36.2 Å². The molecule has 0 spiro atoms. The lowest BCUT2D eigenvalue weighted by molar-refractivity contribution is -0.200. The fraction of sp³-hybridized carbons (Fsp3) is 0.480. The molecule has 2 aromatic carbocycles. The van der Waals surface area contributed by atoms with Gasteiger partial charge in [-0.1, -0.05) is 24.3 Å². The number of amides is 3. The van der Waals surface area contributed by atoms with Gasteiger partial charge in [-0.15, -0.1) is 0 Å². The van der Waals surface area contributed by atoms with Gasteiger partial charge in [0.2, 0.25) is 5.91 Å². The highest BCUT2D eigenvalue weighted by atomic mass is 16.8. The quantitative estimate of drug-likeness (QED) is 0.307. The van der Waals surface area contributed by atoms with Crippen LogP contribution in [0.2, 0.25) is 0 Å². The molecule has 0 saturated carbocycles. The Kier molecular flexibility index (Phi) is 8.23. The van der Waals surface area contributed by atoms with Crippen molar-refractivity contribution in [1.82, 2.24) is 15.3 Å². The standard InChI is InChI=1S/C25H31N3O6/c1-27(12-11-21(29)26-34-22-10-2-3-15-33-22)13-16-32-17-14-28-24(30)19-8-4-6-18-7-5-9-20(23(18)19)25(28)31/h4-9,22H,2-3,10-17H2,1H3,(H,26,29). The number of nitrogens with one attached hydrogen (secondary N) is 1. The Labute approximate surface area is 198 Å². The Hall–Kier alpha value is -2.85. The summed E-state index contributed by atoms with van der Waals surface area (Å²) in [7, 11) is 1.90. The van der Waals surface area contributed by atoms with Gasteiger partial charge in [-0.3, -0.25) is 19.3 Å². The summed E-state index contributed by atoms with van der Waals surface area (Å²) in [5.74, 6) is -0.775. The number of ether oxygens (including phenoxy) is 2. The molecule has 0 aliphatic carbocycles. The number of imide groups is 1. The first-order chi connectivity index (χ1) is 16.5. The van der Waals surface area contributed by atoms with Gasteiger partial charge in [-0.05, 0) is 37.4 Å². The zero-order chi connectivity index (χ0) is 23.9. The van der Waals surface area contributed by atoms with E-state index in [1.54, 1.807) is 12.1 Å². The minimum Gasteiger partial charge on any atom is -0.378 e. The first-order valence-corrected chi connectivity index (χ1v) is 11.7. The van der Waals surface area contributed by atoms with E-state index in [4.69, 9.17) is 14.3 Å². The minimum absolute atomic E-state index is 0.190. The van der Waals surface area contributed by atoms with Crippen LogP contribution in [0.1, 0.15) is 46.4 Å². The van der Waals surface area contributed by atoms with Crippen molar-refractivity contribution >= 4 is 28.5 Å². The fourth-order valence-electron chi connectivity index (χ4n) is 4.15. The normalized spacial score (nSPS) is 18.1. The highest BCUT2D eigenvalue weighted by Crippen LogP contribution is 2.29. The zero-order valence-electron chi connectivity index (χ0n) is 19.5. The highest BCUT2D eigenvalue weighted by Gasteiger charge is 2.32. The van der Waals surface area contributed by atoms with Crippen molar-refractivity contribution in [1.29, 1.82) is 0 Å². The molecule has 182 valence electrons. The molecule has 0 aromatic heterocycles. The van der Waals surface area contributed by atoms with Crippen LogP contribution in [0.15, 0.2) is 36.4 Å². The maximum absolute atomic E-state index is 12.9. The predicted molar refractivity (Wildman–Crippen MR) is 125 cm³/mol. The lowest BCUT2D eigenvalue weighted by atomic mass is 9.94. The van der Waals surface area contributed by atoms with Gasteiger partial charge in [0, 0.05) is 49.1 Å². The van der Waals surface area contributed by atoms with Gasteiger partial charge in [-0.2, -0.15) is 0 Å². The second-order valence-electron chi connectivity index (χ2n) is 8.58. The number of benzene rings is 2. The predicted octanol–water partition coefficient (Wildman–Crippen LogP) is 2.35. The molecule has 1 atom stereocenters. The number of rotatable bonds is 11. The number of hydrogen-bond donors (Lipinski definition) is 1.